The molecule has 0 fully saturated rings. The molecule has 1 atom stereocenters. The highest BCUT2D eigenvalue weighted by Gasteiger charge is 2.23. The Bertz CT molecular complexity index is 236. The third kappa shape index (κ3) is 6.28. The topological polar surface area (TPSA) is 46.5 Å². The number of hydrogen-bond acceptors (Lipinski definition) is 3. The molecule has 0 amide bonds. The van der Waals surface area contributed by atoms with E-state index < -0.39 is 17.7 Å². The summed E-state index contributed by atoms with van der Waals surface area (Å²) in [6.45, 7) is 12.9. The molecule has 0 aromatic carbocycles. The molecule has 0 aliphatic carbocycles. The number of carbonyl (C=O) groups excluding carboxylic acids is 1. The van der Waals surface area contributed by atoms with Gasteiger partial charge in [-0.3, -0.25) is 0 Å². The number of hydrogen-bond donors (Lipinski definition) is 1. The second-order valence-electron chi connectivity index (χ2n) is 5.17. The van der Waals surface area contributed by atoms with E-state index >= 15 is 0 Å². The van der Waals surface area contributed by atoms with Crippen molar-refractivity contribution in [2.24, 2.45) is 5.92 Å². The van der Waals surface area contributed by atoms with Crippen molar-refractivity contribution in [1.82, 2.24) is 0 Å². The summed E-state index contributed by atoms with van der Waals surface area (Å²) in [6.07, 6.45) is -0.280. The summed E-state index contributed by atoms with van der Waals surface area (Å²) in [5, 5.41) is 9.65. The Labute approximate surface area is 92.1 Å². The van der Waals surface area contributed by atoms with Crippen LogP contribution in [-0.2, 0) is 9.53 Å². The fourth-order valence-electron chi connectivity index (χ4n) is 1.07. The normalized spacial score (nSPS) is 13.8. The zero-order valence-corrected chi connectivity index (χ0v) is 10.3. The molecule has 0 saturated carbocycles. The minimum Gasteiger partial charge on any atom is -0.457 e. The van der Waals surface area contributed by atoms with Gasteiger partial charge in [0.25, 0.3) is 0 Å². The van der Waals surface area contributed by atoms with E-state index in [1.54, 1.807) is 20.8 Å². The van der Waals surface area contributed by atoms with Gasteiger partial charge in [0.1, 0.15) is 5.60 Å². The Morgan fingerprint density at radius 1 is 1.40 bits per heavy atom. The average Bonchev–Trinajstić information content (AvgIpc) is 1.98. The summed E-state index contributed by atoms with van der Waals surface area (Å²) in [5.74, 6) is -0.199. The summed E-state index contributed by atoms with van der Waals surface area (Å²) < 4.78 is 5.10. The van der Waals surface area contributed by atoms with Crippen LogP contribution in [0.15, 0.2) is 12.2 Å². The number of carbonyl (C=O) groups is 1. The summed E-state index contributed by atoms with van der Waals surface area (Å²) in [6, 6.07) is 0. The summed E-state index contributed by atoms with van der Waals surface area (Å²) in [4.78, 5) is 11.5. The van der Waals surface area contributed by atoms with Crippen molar-refractivity contribution in [2.75, 3.05) is 0 Å². The third-order valence-electron chi connectivity index (χ3n) is 1.76. The molecule has 0 aromatic rings. The Balaban J connectivity index is 4.27. The number of aliphatic hydroxyl groups is 1. The number of aliphatic hydroxyl groups excluding tert-OH is 1. The van der Waals surface area contributed by atoms with Crippen LogP contribution in [0.3, 0.4) is 0 Å². The predicted molar refractivity (Wildman–Crippen MR) is 60.4 cm³/mol. The van der Waals surface area contributed by atoms with E-state index in [0.29, 0.717) is 12.3 Å². The average molecular weight is 214 g/mol. The van der Waals surface area contributed by atoms with Gasteiger partial charge in [0, 0.05) is 0 Å². The molecule has 0 aromatic heterocycles. The summed E-state index contributed by atoms with van der Waals surface area (Å²) in [7, 11) is 0. The van der Waals surface area contributed by atoms with Crippen molar-refractivity contribution >= 4 is 5.97 Å². The molecule has 0 aliphatic rings. The molecule has 3 nitrogen and oxygen atoms in total. The number of rotatable bonds is 4. The zero-order valence-electron chi connectivity index (χ0n) is 10.3. The van der Waals surface area contributed by atoms with Crippen LogP contribution in [0.1, 0.15) is 41.0 Å². The zero-order chi connectivity index (χ0) is 12.2. The predicted octanol–water partition coefficient (Wildman–Crippen LogP) is 2.29. The van der Waals surface area contributed by atoms with Crippen LogP contribution < -0.4 is 0 Å². The van der Waals surface area contributed by atoms with Crippen LogP contribution in [0.4, 0.5) is 0 Å². The first-order valence-electron chi connectivity index (χ1n) is 5.23. The van der Waals surface area contributed by atoms with Gasteiger partial charge in [-0.05, 0) is 33.1 Å². The van der Waals surface area contributed by atoms with E-state index in [4.69, 9.17) is 4.74 Å². The Hall–Kier alpha value is -0.830. The van der Waals surface area contributed by atoms with Crippen molar-refractivity contribution in [1.29, 1.82) is 0 Å². The molecule has 0 spiro atoms. The molecular formula is C12H22O3. The van der Waals surface area contributed by atoms with Crippen LogP contribution in [-0.4, -0.2) is 22.8 Å². The Morgan fingerprint density at radius 3 is 2.20 bits per heavy atom. The fourth-order valence-corrected chi connectivity index (χ4v) is 1.07. The quantitative estimate of drug-likeness (QED) is 0.577. The lowest BCUT2D eigenvalue weighted by Gasteiger charge is -2.22. The maximum absolute atomic E-state index is 11.5. The molecule has 0 bridgehead atoms. The van der Waals surface area contributed by atoms with E-state index in [0.717, 1.165) is 0 Å². The van der Waals surface area contributed by atoms with Gasteiger partial charge in [-0.15, -0.1) is 0 Å². The fraction of sp³-hybridized carbons (Fsp3) is 0.750. The van der Waals surface area contributed by atoms with E-state index in [-0.39, 0.29) is 5.57 Å². The number of ether oxygens (including phenoxy) is 1. The Kier molecular flexibility index (Phi) is 5.01. The lowest BCUT2D eigenvalue weighted by molar-refractivity contribution is -0.151. The van der Waals surface area contributed by atoms with E-state index in [9.17, 15) is 9.90 Å². The van der Waals surface area contributed by atoms with E-state index in [1.165, 1.54) is 0 Å². The lowest BCUT2D eigenvalue weighted by Crippen LogP contribution is -2.28. The second-order valence-corrected chi connectivity index (χ2v) is 5.17. The van der Waals surface area contributed by atoms with Crippen molar-refractivity contribution < 1.29 is 14.6 Å². The molecular weight excluding hydrogens is 192 g/mol. The second kappa shape index (κ2) is 5.31. The standard InChI is InChI=1S/C12H22O3/c1-8(2)7-10(13)9(3)11(14)15-12(4,5)6/h8,10,13H,3,7H2,1-2,4-6H3. The highest BCUT2D eigenvalue weighted by Crippen LogP contribution is 2.16. The first-order chi connectivity index (χ1) is 6.63. The summed E-state index contributed by atoms with van der Waals surface area (Å²) >= 11 is 0. The van der Waals surface area contributed by atoms with Gasteiger partial charge in [-0.1, -0.05) is 20.4 Å². The minimum absolute atomic E-state index is 0.138. The Morgan fingerprint density at radius 2 is 1.87 bits per heavy atom. The lowest BCUT2D eigenvalue weighted by atomic mass is 10.0. The van der Waals surface area contributed by atoms with Gasteiger partial charge >= 0.3 is 5.97 Å². The third-order valence-corrected chi connectivity index (χ3v) is 1.76. The van der Waals surface area contributed by atoms with Gasteiger partial charge in [-0.25, -0.2) is 4.79 Å². The molecule has 1 unspecified atom stereocenters. The maximum Gasteiger partial charge on any atom is 0.336 e. The van der Waals surface area contributed by atoms with Crippen molar-refractivity contribution in [2.45, 2.75) is 52.7 Å². The first kappa shape index (κ1) is 14.2. The van der Waals surface area contributed by atoms with Gasteiger partial charge in [-0.2, -0.15) is 0 Å². The summed E-state index contributed by atoms with van der Waals surface area (Å²) in [5.41, 5.74) is -0.406. The number of esters is 1. The highest BCUT2D eigenvalue weighted by molar-refractivity contribution is 5.89. The molecule has 0 aliphatic heterocycles. The van der Waals surface area contributed by atoms with Crippen LogP contribution in [0, 0.1) is 5.92 Å². The maximum atomic E-state index is 11.5. The van der Waals surface area contributed by atoms with Crippen molar-refractivity contribution in [3.05, 3.63) is 12.2 Å². The molecule has 0 rings (SSSR count). The van der Waals surface area contributed by atoms with Crippen LogP contribution in [0.5, 0.6) is 0 Å². The molecule has 15 heavy (non-hydrogen) atoms. The van der Waals surface area contributed by atoms with Gasteiger partial charge in [0.2, 0.25) is 0 Å². The van der Waals surface area contributed by atoms with Crippen molar-refractivity contribution in [3.63, 3.8) is 0 Å². The molecule has 3 heteroatoms. The van der Waals surface area contributed by atoms with Crippen LogP contribution in [0.2, 0.25) is 0 Å². The molecule has 0 heterocycles. The van der Waals surface area contributed by atoms with Crippen molar-refractivity contribution in [3.8, 4) is 0 Å². The molecule has 0 radical (unpaired) electrons. The van der Waals surface area contributed by atoms with E-state index in [2.05, 4.69) is 6.58 Å². The molecule has 0 saturated heterocycles. The van der Waals surface area contributed by atoms with Crippen LogP contribution in [0.25, 0.3) is 0 Å². The van der Waals surface area contributed by atoms with Crippen LogP contribution >= 0.6 is 0 Å². The minimum atomic E-state index is -0.806. The van der Waals surface area contributed by atoms with Gasteiger partial charge in [0.15, 0.2) is 0 Å². The molecule has 1 N–H and O–H groups in total. The largest absolute Gasteiger partial charge is 0.457 e. The molecule has 88 valence electrons. The van der Waals surface area contributed by atoms with E-state index in [1.807, 2.05) is 13.8 Å². The SMILES string of the molecule is C=C(C(=O)OC(C)(C)C)C(O)CC(C)C. The first-order valence-corrected chi connectivity index (χ1v) is 5.23. The van der Waals surface area contributed by atoms with Gasteiger partial charge < -0.3 is 9.84 Å². The monoisotopic (exact) mass is 214 g/mol. The smallest absolute Gasteiger partial charge is 0.336 e. The van der Waals surface area contributed by atoms with Gasteiger partial charge in [0.05, 0.1) is 11.7 Å². The highest BCUT2D eigenvalue weighted by atomic mass is 16.6.